The third-order valence-electron chi connectivity index (χ3n) is 4.77. The number of carbonyl (C=O) groups is 1. The Morgan fingerprint density at radius 3 is 2.50 bits per heavy atom. The van der Waals surface area contributed by atoms with Crippen LogP contribution in [0.25, 0.3) is 10.8 Å². The van der Waals surface area contributed by atoms with Crippen LogP contribution in [0.1, 0.15) is 18.9 Å². The number of esters is 1. The van der Waals surface area contributed by atoms with E-state index >= 15 is 0 Å². The van der Waals surface area contributed by atoms with Crippen LogP contribution in [0, 0.1) is 0 Å². The molecule has 0 bridgehead atoms. The lowest BCUT2D eigenvalue weighted by atomic mass is 9.87. The summed E-state index contributed by atoms with van der Waals surface area (Å²) in [5, 5.41) is 6.46. The minimum absolute atomic E-state index is 0.281. The lowest BCUT2D eigenvalue weighted by Crippen LogP contribution is -2.25. The highest BCUT2D eigenvalue weighted by molar-refractivity contribution is 6.35. The topological polar surface area (TPSA) is 38.3 Å². The summed E-state index contributed by atoms with van der Waals surface area (Å²) in [6.07, 6.45) is 0.518. The number of cyclic esters (lactones) is 1. The molecule has 26 heavy (non-hydrogen) atoms. The van der Waals surface area contributed by atoms with Gasteiger partial charge in [0.15, 0.2) is 0 Å². The van der Waals surface area contributed by atoms with Crippen LogP contribution in [0.3, 0.4) is 0 Å². The number of benzene rings is 3. The number of nitrogens with one attached hydrogen (secondary N) is 1. The molecule has 3 aromatic rings. The molecule has 2 atom stereocenters. The average molecular weight is 386 g/mol. The van der Waals surface area contributed by atoms with Crippen LogP contribution in [-0.4, -0.2) is 12.0 Å². The second-order valence-electron chi connectivity index (χ2n) is 6.74. The number of fused-ring (bicyclic) bond motifs is 1. The van der Waals surface area contributed by atoms with Crippen LogP contribution in [0.4, 0.5) is 5.69 Å². The number of ether oxygens (including phenoxy) is 1. The molecule has 0 aromatic heterocycles. The summed E-state index contributed by atoms with van der Waals surface area (Å²) in [6, 6.07) is 18.9. The first-order valence-corrected chi connectivity index (χ1v) is 9.14. The molecule has 3 aromatic carbocycles. The van der Waals surface area contributed by atoms with Gasteiger partial charge in [0.2, 0.25) is 0 Å². The first-order valence-electron chi connectivity index (χ1n) is 8.38. The van der Waals surface area contributed by atoms with Gasteiger partial charge in [-0.2, -0.15) is 0 Å². The molecule has 0 spiro atoms. The van der Waals surface area contributed by atoms with Crippen molar-refractivity contribution in [2.45, 2.75) is 25.0 Å². The van der Waals surface area contributed by atoms with Crippen LogP contribution in [0.5, 0.6) is 0 Å². The minimum atomic E-state index is -0.696. The van der Waals surface area contributed by atoms with Gasteiger partial charge in [0.1, 0.15) is 11.6 Å². The molecule has 1 aliphatic rings. The van der Waals surface area contributed by atoms with Gasteiger partial charge in [-0.1, -0.05) is 65.7 Å². The van der Waals surface area contributed by atoms with Crippen LogP contribution >= 0.6 is 23.2 Å². The fraction of sp³-hybridized carbons (Fsp3) is 0.190. The molecule has 5 heteroatoms. The van der Waals surface area contributed by atoms with Crippen molar-refractivity contribution in [3.05, 3.63) is 76.3 Å². The van der Waals surface area contributed by atoms with Crippen molar-refractivity contribution in [3.8, 4) is 0 Å². The zero-order chi connectivity index (χ0) is 18.3. The Morgan fingerprint density at radius 2 is 1.73 bits per heavy atom. The largest absolute Gasteiger partial charge is 0.453 e. The molecule has 132 valence electrons. The Bertz CT molecular complexity index is 979. The van der Waals surface area contributed by atoms with Crippen molar-refractivity contribution >= 4 is 45.6 Å². The van der Waals surface area contributed by atoms with Crippen molar-refractivity contribution in [1.29, 1.82) is 0 Å². The lowest BCUT2D eigenvalue weighted by Gasteiger charge is -2.24. The van der Waals surface area contributed by atoms with Gasteiger partial charge in [-0.05, 0) is 35.9 Å². The van der Waals surface area contributed by atoms with Crippen molar-refractivity contribution in [3.63, 3.8) is 0 Å². The van der Waals surface area contributed by atoms with Gasteiger partial charge in [-0.25, -0.2) is 4.79 Å². The van der Waals surface area contributed by atoms with E-state index < -0.39 is 11.6 Å². The fourth-order valence-electron chi connectivity index (χ4n) is 3.61. The van der Waals surface area contributed by atoms with Gasteiger partial charge in [0.05, 0.1) is 0 Å². The molecule has 0 saturated carbocycles. The molecular weight excluding hydrogens is 369 g/mol. The standard InChI is InChI=1S/C21H17Cl2NO2/c1-21(18-8-4-6-13-5-2-3-7-17(13)18)12-19(20(25)26-21)24-16-10-14(22)9-15(23)11-16/h2-11,19,24H,12H2,1H3. The number of hydrogen-bond acceptors (Lipinski definition) is 3. The van der Waals surface area contributed by atoms with E-state index in [1.54, 1.807) is 18.2 Å². The van der Waals surface area contributed by atoms with E-state index in [4.69, 9.17) is 27.9 Å². The third-order valence-corrected chi connectivity index (χ3v) is 5.20. The van der Waals surface area contributed by atoms with E-state index in [1.807, 2.05) is 31.2 Å². The van der Waals surface area contributed by atoms with Crippen LogP contribution in [-0.2, 0) is 15.1 Å². The highest BCUT2D eigenvalue weighted by Crippen LogP contribution is 2.41. The summed E-state index contributed by atoms with van der Waals surface area (Å²) in [6.45, 7) is 1.96. The maximum atomic E-state index is 12.5. The molecule has 1 fully saturated rings. The number of halogens is 2. The van der Waals surface area contributed by atoms with Gasteiger partial charge in [0.25, 0.3) is 0 Å². The summed E-state index contributed by atoms with van der Waals surface area (Å²) in [5.74, 6) is -0.281. The second kappa shape index (κ2) is 6.49. The van der Waals surface area contributed by atoms with E-state index in [-0.39, 0.29) is 5.97 Å². The summed E-state index contributed by atoms with van der Waals surface area (Å²) in [5.41, 5.74) is 1.02. The fourth-order valence-corrected chi connectivity index (χ4v) is 4.13. The quantitative estimate of drug-likeness (QED) is 0.579. The number of hydrogen-bond donors (Lipinski definition) is 1. The lowest BCUT2D eigenvalue weighted by molar-refractivity contribution is -0.148. The third kappa shape index (κ3) is 3.13. The van der Waals surface area contributed by atoms with Gasteiger partial charge < -0.3 is 10.1 Å². The smallest absolute Gasteiger partial charge is 0.329 e. The molecule has 1 saturated heterocycles. The predicted molar refractivity (Wildman–Crippen MR) is 106 cm³/mol. The first-order chi connectivity index (χ1) is 12.4. The Hall–Kier alpha value is -2.23. The molecule has 4 rings (SSSR count). The van der Waals surface area contributed by atoms with Gasteiger partial charge in [-0.15, -0.1) is 0 Å². The van der Waals surface area contributed by atoms with E-state index in [9.17, 15) is 4.79 Å². The SMILES string of the molecule is CC1(c2cccc3ccccc23)CC(Nc2cc(Cl)cc(Cl)c2)C(=O)O1. The summed E-state index contributed by atoms with van der Waals surface area (Å²) < 4.78 is 5.82. The van der Waals surface area contributed by atoms with Crippen molar-refractivity contribution in [1.82, 2.24) is 0 Å². The Labute approximate surface area is 161 Å². The van der Waals surface area contributed by atoms with Crippen LogP contribution in [0.15, 0.2) is 60.7 Å². The molecule has 1 heterocycles. The number of anilines is 1. The normalized spacial score (nSPS) is 22.4. The molecule has 0 amide bonds. The van der Waals surface area contributed by atoms with E-state index in [0.717, 1.165) is 16.3 Å². The highest BCUT2D eigenvalue weighted by atomic mass is 35.5. The maximum absolute atomic E-state index is 12.5. The van der Waals surface area contributed by atoms with E-state index in [0.29, 0.717) is 22.2 Å². The monoisotopic (exact) mass is 385 g/mol. The first kappa shape index (κ1) is 17.2. The number of rotatable bonds is 3. The molecule has 2 unspecified atom stereocenters. The van der Waals surface area contributed by atoms with E-state index in [2.05, 4.69) is 23.5 Å². The molecule has 3 nitrogen and oxygen atoms in total. The van der Waals surface area contributed by atoms with Gasteiger partial charge in [0, 0.05) is 27.7 Å². The predicted octanol–water partition coefficient (Wildman–Crippen LogP) is 5.79. The van der Waals surface area contributed by atoms with Crippen molar-refractivity contribution < 1.29 is 9.53 Å². The molecule has 0 aliphatic carbocycles. The maximum Gasteiger partial charge on any atom is 0.329 e. The Kier molecular flexibility index (Phi) is 4.29. The molecule has 1 aliphatic heterocycles. The summed E-state index contributed by atoms with van der Waals surface area (Å²) in [7, 11) is 0. The second-order valence-corrected chi connectivity index (χ2v) is 7.61. The summed E-state index contributed by atoms with van der Waals surface area (Å²) in [4.78, 5) is 12.5. The molecular formula is C21H17Cl2NO2. The highest BCUT2D eigenvalue weighted by Gasteiger charge is 2.45. The zero-order valence-electron chi connectivity index (χ0n) is 14.1. The summed E-state index contributed by atoms with van der Waals surface area (Å²) >= 11 is 12.1. The molecule has 1 N–H and O–H groups in total. The van der Waals surface area contributed by atoms with Crippen LogP contribution < -0.4 is 5.32 Å². The van der Waals surface area contributed by atoms with Crippen LogP contribution in [0.2, 0.25) is 10.0 Å². The Balaban J connectivity index is 1.66. The van der Waals surface area contributed by atoms with Crippen molar-refractivity contribution in [2.24, 2.45) is 0 Å². The van der Waals surface area contributed by atoms with Gasteiger partial charge in [-0.3, -0.25) is 0 Å². The van der Waals surface area contributed by atoms with Crippen molar-refractivity contribution in [2.75, 3.05) is 5.32 Å². The average Bonchev–Trinajstić information content (AvgIpc) is 2.88. The van der Waals surface area contributed by atoms with E-state index in [1.165, 1.54) is 0 Å². The molecule has 0 radical (unpaired) electrons. The zero-order valence-corrected chi connectivity index (χ0v) is 15.6. The van der Waals surface area contributed by atoms with Gasteiger partial charge >= 0.3 is 5.97 Å². The Morgan fingerprint density at radius 1 is 1.04 bits per heavy atom. The minimum Gasteiger partial charge on any atom is -0.453 e. The number of carbonyl (C=O) groups excluding carboxylic acids is 1.